The third-order valence-corrected chi connectivity index (χ3v) is 5.16. The fourth-order valence-electron chi connectivity index (χ4n) is 3.04. The number of aromatic nitrogens is 1. The van der Waals surface area contributed by atoms with Crippen LogP contribution in [0.25, 0.3) is 11.3 Å². The van der Waals surface area contributed by atoms with E-state index in [-0.39, 0.29) is 5.91 Å². The summed E-state index contributed by atoms with van der Waals surface area (Å²) in [7, 11) is 1.30. The van der Waals surface area contributed by atoms with E-state index in [0.29, 0.717) is 28.2 Å². The number of benzene rings is 1. The molecule has 132 valence electrons. The second kappa shape index (κ2) is 8.11. The Kier molecular flexibility index (Phi) is 5.65. The van der Waals surface area contributed by atoms with Gasteiger partial charge < -0.3 is 10.1 Å². The van der Waals surface area contributed by atoms with Crippen molar-refractivity contribution in [2.24, 2.45) is 5.92 Å². The molecule has 1 aromatic carbocycles. The number of methoxy groups -OCH3 is 1. The molecule has 2 amide bonds. The molecule has 6 nitrogen and oxygen atoms in total. The van der Waals surface area contributed by atoms with Crippen LogP contribution in [-0.4, -0.2) is 24.1 Å². The topological polar surface area (TPSA) is 80.3 Å². The van der Waals surface area contributed by atoms with E-state index in [1.54, 1.807) is 0 Å². The van der Waals surface area contributed by atoms with Gasteiger partial charge in [-0.25, -0.2) is 9.78 Å². The Morgan fingerprint density at radius 1 is 1.20 bits per heavy atom. The summed E-state index contributed by atoms with van der Waals surface area (Å²) in [6.07, 6.45) is 4.61. The Bertz CT molecular complexity index is 739. The molecule has 0 atom stereocenters. The number of anilines is 2. The van der Waals surface area contributed by atoms with Gasteiger partial charge in [0.15, 0.2) is 5.13 Å². The first-order valence-electron chi connectivity index (χ1n) is 8.37. The lowest BCUT2D eigenvalue weighted by atomic mass is 10.0. The number of rotatable bonds is 5. The molecule has 2 N–H and O–H groups in total. The van der Waals surface area contributed by atoms with Gasteiger partial charge in [-0.3, -0.25) is 10.1 Å². The number of carbonyl (C=O) groups is 2. The van der Waals surface area contributed by atoms with Crippen LogP contribution in [0.15, 0.2) is 30.3 Å². The standard InChI is InChI=1S/C18H21N3O3S/c1-24-18(23)21-17-20-15(13-9-3-2-4-10-13)16(25-17)19-14(22)11-12-7-5-6-8-12/h2-4,9-10,12H,5-8,11H2,1H3,(H,19,22)(H,20,21,23). The van der Waals surface area contributed by atoms with Gasteiger partial charge in [-0.15, -0.1) is 0 Å². The first-order valence-corrected chi connectivity index (χ1v) is 9.18. The van der Waals surface area contributed by atoms with Gasteiger partial charge in [0, 0.05) is 12.0 Å². The first kappa shape index (κ1) is 17.4. The van der Waals surface area contributed by atoms with Gasteiger partial charge in [0.05, 0.1) is 7.11 Å². The number of hydrogen-bond donors (Lipinski definition) is 2. The van der Waals surface area contributed by atoms with Crippen molar-refractivity contribution in [3.05, 3.63) is 30.3 Å². The highest BCUT2D eigenvalue weighted by Crippen LogP contribution is 2.36. The minimum atomic E-state index is -0.586. The number of carbonyl (C=O) groups excluding carboxylic acids is 2. The fraction of sp³-hybridized carbons (Fsp3) is 0.389. The summed E-state index contributed by atoms with van der Waals surface area (Å²) in [5, 5.41) is 6.57. The lowest BCUT2D eigenvalue weighted by molar-refractivity contribution is -0.117. The maximum atomic E-state index is 12.4. The molecule has 0 bridgehead atoms. The van der Waals surface area contributed by atoms with Crippen LogP contribution in [0.2, 0.25) is 0 Å². The molecule has 1 aliphatic rings. The van der Waals surface area contributed by atoms with Gasteiger partial charge in [-0.2, -0.15) is 0 Å². The SMILES string of the molecule is COC(=O)Nc1nc(-c2ccccc2)c(NC(=O)CC2CCCC2)s1. The smallest absolute Gasteiger partial charge is 0.413 e. The molecule has 1 aromatic heterocycles. The normalized spacial score (nSPS) is 14.3. The summed E-state index contributed by atoms with van der Waals surface area (Å²) >= 11 is 1.23. The first-order chi connectivity index (χ1) is 12.2. The Balaban J connectivity index is 1.80. The fourth-order valence-corrected chi connectivity index (χ4v) is 3.93. The summed E-state index contributed by atoms with van der Waals surface area (Å²) in [5.41, 5.74) is 1.53. The lowest BCUT2D eigenvalue weighted by Crippen LogP contribution is -2.14. The second-order valence-corrected chi connectivity index (χ2v) is 7.08. The van der Waals surface area contributed by atoms with Crippen LogP contribution in [-0.2, 0) is 9.53 Å². The van der Waals surface area contributed by atoms with E-state index in [1.165, 1.54) is 31.3 Å². The summed E-state index contributed by atoms with van der Waals surface area (Å²) < 4.78 is 4.61. The van der Waals surface area contributed by atoms with Gasteiger partial charge >= 0.3 is 6.09 Å². The average molecular weight is 359 g/mol. The summed E-state index contributed by atoms with van der Waals surface area (Å²) in [6, 6.07) is 9.58. The zero-order valence-electron chi connectivity index (χ0n) is 14.1. The van der Waals surface area contributed by atoms with Crippen molar-refractivity contribution >= 4 is 33.5 Å². The molecule has 2 aromatic rings. The van der Waals surface area contributed by atoms with Crippen molar-refractivity contribution < 1.29 is 14.3 Å². The summed E-state index contributed by atoms with van der Waals surface area (Å²) in [4.78, 5) is 28.3. The van der Waals surface area contributed by atoms with Gasteiger partial charge in [0.2, 0.25) is 5.91 Å². The molecule has 0 unspecified atom stereocenters. The molecular weight excluding hydrogens is 338 g/mol. The third-order valence-electron chi connectivity index (χ3n) is 4.27. The highest BCUT2D eigenvalue weighted by molar-refractivity contribution is 7.20. The van der Waals surface area contributed by atoms with Gasteiger partial charge in [0.1, 0.15) is 10.7 Å². The maximum absolute atomic E-state index is 12.4. The van der Waals surface area contributed by atoms with Crippen molar-refractivity contribution in [3.63, 3.8) is 0 Å². The zero-order valence-corrected chi connectivity index (χ0v) is 14.9. The van der Waals surface area contributed by atoms with E-state index in [9.17, 15) is 9.59 Å². The quantitative estimate of drug-likeness (QED) is 0.823. The van der Waals surface area contributed by atoms with E-state index >= 15 is 0 Å². The minimum Gasteiger partial charge on any atom is -0.453 e. The lowest BCUT2D eigenvalue weighted by Gasteiger charge is -2.09. The predicted octanol–water partition coefficient (Wildman–Crippen LogP) is 4.51. The van der Waals surface area contributed by atoms with Crippen LogP contribution >= 0.6 is 11.3 Å². The molecule has 1 fully saturated rings. The Hall–Kier alpha value is -2.41. The largest absolute Gasteiger partial charge is 0.453 e. The van der Waals surface area contributed by atoms with Crippen molar-refractivity contribution in [1.29, 1.82) is 0 Å². The van der Waals surface area contributed by atoms with Crippen LogP contribution in [0.1, 0.15) is 32.1 Å². The molecule has 25 heavy (non-hydrogen) atoms. The number of ether oxygens (including phenoxy) is 1. The number of hydrogen-bond acceptors (Lipinski definition) is 5. The van der Waals surface area contributed by atoms with Crippen LogP contribution < -0.4 is 10.6 Å². The Morgan fingerprint density at radius 2 is 1.92 bits per heavy atom. The Labute approximate surface area is 150 Å². The minimum absolute atomic E-state index is 0.00245. The van der Waals surface area contributed by atoms with Gasteiger partial charge in [-0.05, 0) is 18.8 Å². The third kappa shape index (κ3) is 4.57. The van der Waals surface area contributed by atoms with E-state index in [2.05, 4.69) is 20.4 Å². The number of nitrogens with zero attached hydrogens (tertiary/aromatic N) is 1. The zero-order chi connectivity index (χ0) is 17.6. The monoisotopic (exact) mass is 359 g/mol. The van der Waals surface area contributed by atoms with E-state index in [1.807, 2.05) is 30.3 Å². The molecule has 0 spiro atoms. The average Bonchev–Trinajstić information content (AvgIpc) is 3.25. The van der Waals surface area contributed by atoms with Crippen molar-refractivity contribution in [2.45, 2.75) is 32.1 Å². The van der Waals surface area contributed by atoms with Crippen LogP contribution in [0.3, 0.4) is 0 Å². The predicted molar refractivity (Wildman–Crippen MR) is 98.8 cm³/mol. The molecular formula is C18H21N3O3S. The molecule has 1 aliphatic carbocycles. The van der Waals surface area contributed by atoms with Crippen LogP contribution in [0, 0.1) is 5.92 Å². The molecule has 3 rings (SSSR count). The van der Waals surface area contributed by atoms with Gasteiger partial charge in [0.25, 0.3) is 0 Å². The molecule has 0 aliphatic heterocycles. The van der Waals surface area contributed by atoms with Crippen molar-refractivity contribution in [3.8, 4) is 11.3 Å². The highest BCUT2D eigenvalue weighted by Gasteiger charge is 2.21. The maximum Gasteiger partial charge on any atom is 0.413 e. The van der Waals surface area contributed by atoms with E-state index < -0.39 is 6.09 Å². The van der Waals surface area contributed by atoms with Crippen molar-refractivity contribution in [2.75, 3.05) is 17.7 Å². The molecule has 1 saturated carbocycles. The summed E-state index contributed by atoms with van der Waals surface area (Å²) in [5.74, 6) is 0.470. The van der Waals surface area contributed by atoms with Gasteiger partial charge in [-0.1, -0.05) is 54.5 Å². The summed E-state index contributed by atoms with van der Waals surface area (Å²) in [6.45, 7) is 0. The van der Waals surface area contributed by atoms with Crippen LogP contribution in [0.4, 0.5) is 14.9 Å². The van der Waals surface area contributed by atoms with E-state index in [4.69, 9.17) is 0 Å². The number of thiazole rings is 1. The molecule has 0 saturated heterocycles. The molecule has 1 heterocycles. The number of amides is 2. The van der Waals surface area contributed by atoms with Crippen molar-refractivity contribution in [1.82, 2.24) is 4.98 Å². The highest BCUT2D eigenvalue weighted by atomic mass is 32.1. The molecule has 7 heteroatoms. The molecule has 0 radical (unpaired) electrons. The van der Waals surface area contributed by atoms with Crippen LogP contribution in [0.5, 0.6) is 0 Å². The number of nitrogens with one attached hydrogen (secondary N) is 2. The second-order valence-electron chi connectivity index (χ2n) is 6.08. The van der Waals surface area contributed by atoms with E-state index in [0.717, 1.165) is 18.4 Å². The Morgan fingerprint density at radius 3 is 2.60 bits per heavy atom.